The molecule has 19 heavy (non-hydrogen) atoms. The summed E-state index contributed by atoms with van der Waals surface area (Å²) in [4.78, 5) is 0. The summed E-state index contributed by atoms with van der Waals surface area (Å²) in [6.07, 6.45) is 0. The minimum atomic E-state index is -0.621. The van der Waals surface area contributed by atoms with E-state index in [9.17, 15) is 0 Å². The van der Waals surface area contributed by atoms with Gasteiger partial charge in [0.05, 0.1) is 19.3 Å². The summed E-state index contributed by atoms with van der Waals surface area (Å²) in [5.74, 6) is -0.621. The SMILES string of the molecule is CNC1COC(C)(c2ccc(C(C)(C)C)cc2)OC1. The van der Waals surface area contributed by atoms with Crippen molar-refractivity contribution in [2.75, 3.05) is 20.3 Å². The van der Waals surface area contributed by atoms with Crippen LogP contribution in [-0.4, -0.2) is 26.3 Å². The van der Waals surface area contributed by atoms with Crippen LogP contribution in [0.25, 0.3) is 0 Å². The molecular formula is C16H25NO2. The van der Waals surface area contributed by atoms with Crippen molar-refractivity contribution in [1.29, 1.82) is 0 Å². The fourth-order valence-corrected chi connectivity index (χ4v) is 2.22. The summed E-state index contributed by atoms with van der Waals surface area (Å²) in [5, 5.41) is 3.17. The van der Waals surface area contributed by atoms with Gasteiger partial charge in [0.2, 0.25) is 0 Å². The van der Waals surface area contributed by atoms with E-state index in [1.54, 1.807) is 0 Å². The molecule has 1 fully saturated rings. The van der Waals surface area contributed by atoms with E-state index in [1.807, 2.05) is 14.0 Å². The Morgan fingerprint density at radius 1 is 1.11 bits per heavy atom. The van der Waals surface area contributed by atoms with Crippen molar-refractivity contribution in [2.24, 2.45) is 0 Å². The van der Waals surface area contributed by atoms with Gasteiger partial charge >= 0.3 is 0 Å². The zero-order valence-electron chi connectivity index (χ0n) is 12.6. The Hall–Kier alpha value is -0.900. The van der Waals surface area contributed by atoms with E-state index in [1.165, 1.54) is 5.56 Å². The Morgan fingerprint density at radius 2 is 1.63 bits per heavy atom. The lowest BCUT2D eigenvalue weighted by Crippen LogP contribution is -2.47. The first-order chi connectivity index (χ1) is 8.85. The molecule has 0 radical (unpaired) electrons. The smallest absolute Gasteiger partial charge is 0.192 e. The van der Waals surface area contributed by atoms with Gasteiger partial charge in [-0.25, -0.2) is 0 Å². The lowest BCUT2D eigenvalue weighted by Gasteiger charge is -2.38. The van der Waals surface area contributed by atoms with Crippen LogP contribution in [0.4, 0.5) is 0 Å². The molecule has 1 saturated heterocycles. The van der Waals surface area contributed by atoms with Crippen LogP contribution in [0, 0.1) is 0 Å². The lowest BCUT2D eigenvalue weighted by molar-refractivity contribution is -0.272. The zero-order chi connectivity index (χ0) is 14.1. The van der Waals surface area contributed by atoms with Gasteiger partial charge in [-0.3, -0.25) is 0 Å². The molecule has 0 bridgehead atoms. The quantitative estimate of drug-likeness (QED) is 0.890. The molecule has 1 aromatic carbocycles. The van der Waals surface area contributed by atoms with E-state index in [4.69, 9.17) is 9.47 Å². The Kier molecular flexibility index (Phi) is 4.00. The highest BCUT2D eigenvalue weighted by molar-refractivity contribution is 5.29. The average Bonchev–Trinajstić information content (AvgIpc) is 2.39. The number of ether oxygens (including phenoxy) is 2. The van der Waals surface area contributed by atoms with E-state index in [0.29, 0.717) is 13.2 Å². The minimum absolute atomic E-state index is 0.172. The second-order valence-corrected chi connectivity index (χ2v) is 6.38. The van der Waals surface area contributed by atoms with Crippen LogP contribution in [0.15, 0.2) is 24.3 Å². The molecule has 0 aliphatic carbocycles. The number of hydrogen-bond acceptors (Lipinski definition) is 3. The first-order valence-electron chi connectivity index (χ1n) is 6.91. The molecule has 0 spiro atoms. The molecule has 0 amide bonds. The van der Waals surface area contributed by atoms with Crippen LogP contribution in [-0.2, 0) is 20.7 Å². The Balaban J connectivity index is 2.14. The Bertz CT molecular complexity index is 411. The van der Waals surface area contributed by atoms with Gasteiger partial charge in [-0.15, -0.1) is 0 Å². The van der Waals surface area contributed by atoms with E-state index in [0.717, 1.165) is 5.56 Å². The third-order valence-electron chi connectivity index (χ3n) is 3.80. The van der Waals surface area contributed by atoms with Crippen molar-refractivity contribution in [1.82, 2.24) is 5.32 Å². The summed E-state index contributed by atoms with van der Waals surface area (Å²) < 4.78 is 11.8. The third kappa shape index (κ3) is 3.16. The first kappa shape index (κ1) is 14.5. The molecule has 0 unspecified atom stereocenters. The fourth-order valence-electron chi connectivity index (χ4n) is 2.22. The second kappa shape index (κ2) is 5.23. The Labute approximate surface area is 116 Å². The molecule has 106 valence electrons. The van der Waals surface area contributed by atoms with E-state index >= 15 is 0 Å². The predicted octanol–water partition coefficient (Wildman–Crippen LogP) is 2.79. The predicted molar refractivity (Wildman–Crippen MR) is 77.2 cm³/mol. The van der Waals surface area contributed by atoms with Gasteiger partial charge in [-0.1, -0.05) is 45.0 Å². The van der Waals surface area contributed by atoms with Crippen LogP contribution in [0.5, 0.6) is 0 Å². The van der Waals surface area contributed by atoms with Crippen molar-refractivity contribution in [3.05, 3.63) is 35.4 Å². The number of hydrogen-bond donors (Lipinski definition) is 1. The molecule has 0 aromatic heterocycles. The molecule has 1 aromatic rings. The lowest BCUT2D eigenvalue weighted by atomic mass is 9.86. The normalized spacial score (nSPS) is 28.4. The molecule has 1 heterocycles. The molecule has 3 nitrogen and oxygen atoms in total. The van der Waals surface area contributed by atoms with Gasteiger partial charge in [0.15, 0.2) is 5.79 Å². The second-order valence-electron chi connectivity index (χ2n) is 6.38. The van der Waals surface area contributed by atoms with E-state index < -0.39 is 5.79 Å². The van der Waals surface area contributed by atoms with Crippen molar-refractivity contribution in [3.63, 3.8) is 0 Å². The van der Waals surface area contributed by atoms with Crippen LogP contribution in [0.1, 0.15) is 38.8 Å². The van der Waals surface area contributed by atoms with Crippen LogP contribution >= 0.6 is 0 Å². The van der Waals surface area contributed by atoms with Crippen molar-refractivity contribution in [2.45, 2.75) is 44.9 Å². The molecule has 1 aliphatic heterocycles. The van der Waals surface area contributed by atoms with Gasteiger partial charge in [0.25, 0.3) is 0 Å². The zero-order valence-corrected chi connectivity index (χ0v) is 12.6. The van der Waals surface area contributed by atoms with Gasteiger partial charge < -0.3 is 14.8 Å². The van der Waals surface area contributed by atoms with Crippen LogP contribution in [0.2, 0.25) is 0 Å². The highest BCUT2D eigenvalue weighted by Crippen LogP contribution is 2.32. The summed E-state index contributed by atoms with van der Waals surface area (Å²) in [7, 11) is 1.93. The van der Waals surface area contributed by atoms with Crippen LogP contribution < -0.4 is 5.32 Å². The maximum absolute atomic E-state index is 5.90. The molecule has 2 rings (SSSR count). The monoisotopic (exact) mass is 263 g/mol. The molecule has 1 N–H and O–H groups in total. The average molecular weight is 263 g/mol. The minimum Gasteiger partial charge on any atom is -0.344 e. The maximum Gasteiger partial charge on any atom is 0.192 e. The topological polar surface area (TPSA) is 30.5 Å². The number of likely N-dealkylation sites (N-methyl/N-ethyl adjacent to an activating group) is 1. The molecular weight excluding hydrogens is 238 g/mol. The third-order valence-corrected chi connectivity index (χ3v) is 3.80. The van der Waals surface area contributed by atoms with Gasteiger partial charge in [0.1, 0.15) is 0 Å². The van der Waals surface area contributed by atoms with Gasteiger partial charge in [-0.05, 0) is 24.9 Å². The molecule has 3 heteroatoms. The summed E-state index contributed by atoms with van der Waals surface area (Å²) in [5.41, 5.74) is 2.57. The van der Waals surface area contributed by atoms with E-state index in [-0.39, 0.29) is 11.5 Å². The summed E-state index contributed by atoms with van der Waals surface area (Å²) >= 11 is 0. The first-order valence-corrected chi connectivity index (χ1v) is 6.91. The van der Waals surface area contributed by atoms with Crippen molar-refractivity contribution < 1.29 is 9.47 Å². The molecule has 0 atom stereocenters. The maximum atomic E-state index is 5.90. The standard InChI is InChI=1S/C16H25NO2/c1-15(2,3)12-6-8-13(9-7-12)16(4)18-10-14(17-5)11-19-16/h6-9,14,17H,10-11H2,1-5H3. The van der Waals surface area contributed by atoms with Crippen molar-refractivity contribution >= 4 is 0 Å². The highest BCUT2D eigenvalue weighted by Gasteiger charge is 2.34. The molecule has 1 aliphatic rings. The van der Waals surface area contributed by atoms with Crippen LogP contribution in [0.3, 0.4) is 0 Å². The van der Waals surface area contributed by atoms with E-state index in [2.05, 4.69) is 50.4 Å². The molecule has 0 saturated carbocycles. The Morgan fingerprint density at radius 3 is 2.05 bits per heavy atom. The van der Waals surface area contributed by atoms with Gasteiger partial charge in [0, 0.05) is 5.56 Å². The fraction of sp³-hybridized carbons (Fsp3) is 0.625. The summed E-state index contributed by atoms with van der Waals surface area (Å²) in [6.45, 7) is 9.99. The largest absolute Gasteiger partial charge is 0.344 e. The van der Waals surface area contributed by atoms with Gasteiger partial charge in [-0.2, -0.15) is 0 Å². The summed E-state index contributed by atoms with van der Waals surface area (Å²) in [6, 6.07) is 8.83. The number of nitrogens with one attached hydrogen (secondary N) is 1. The van der Waals surface area contributed by atoms with Crippen molar-refractivity contribution in [3.8, 4) is 0 Å². The number of rotatable bonds is 2. The number of benzene rings is 1. The highest BCUT2D eigenvalue weighted by atomic mass is 16.7.